The van der Waals surface area contributed by atoms with Crippen molar-refractivity contribution in [2.24, 2.45) is 0 Å². The zero-order valence-corrected chi connectivity index (χ0v) is 16.3. The van der Waals surface area contributed by atoms with E-state index in [0.717, 1.165) is 49.1 Å². The molecule has 0 fully saturated rings. The Bertz CT molecular complexity index is 936. The van der Waals surface area contributed by atoms with Gasteiger partial charge in [0, 0.05) is 31.4 Å². The topological polar surface area (TPSA) is 32.3 Å². The van der Waals surface area contributed by atoms with E-state index in [1.54, 1.807) is 0 Å². The first kappa shape index (κ1) is 17.5. The van der Waals surface area contributed by atoms with E-state index >= 15 is 0 Å². The molecule has 1 aromatic heterocycles. The van der Waals surface area contributed by atoms with Gasteiger partial charge in [0.15, 0.2) is 0 Å². The summed E-state index contributed by atoms with van der Waals surface area (Å²) in [6, 6.07) is 19.0. The number of aryl methyl sites for hydroxylation is 1. The average molecular weight is 358 g/mol. The van der Waals surface area contributed by atoms with Crippen LogP contribution in [0.5, 0.6) is 0 Å². The summed E-state index contributed by atoms with van der Waals surface area (Å²) in [5.74, 6) is 1.83. The number of rotatable bonds is 4. The number of benzene rings is 2. The van der Waals surface area contributed by atoms with Gasteiger partial charge in [0.1, 0.15) is 5.82 Å². The van der Waals surface area contributed by atoms with Gasteiger partial charge in [-0.15, -0.1) is 0 Å². The molecule has 0 saturated carbocycles. The smallest absolute Gasteiger partial charge is 0.231 e. The highest BCUT2D eigenvalue weighted by atomic mass is 15.3. The van der Waals surface area contributed by atoms with Crippen molar-refractivity contribution in [2.45, 2.75) is 33.2 Å². The van der Waals surface area contributed by atoms with Crippen LogP contribution in [-0.4, -0.2) is 23.6 Å². The maximum Gasteiger partial charge on any atom is 0.231 e. The van der Waals surface area contributed by atoms with Crippen LogP contribution in [-0.2, 0) is 19.4 Å². The van der Waals surface area contributed by atoms with Crippen LogP contribution in [0.2, 0.25) is 0 Å². The highest BCUT2D eigenvalue weighted by Crippen LogP contribution is 2.30. The quantitative estimate of drug-likeness (QED) is 0.678. The van der Waals surface area contributed by atoms with E-state index in [1.165, 1.54) is 16.7 Å². The molecule has 4 nitrogen and oxygen atoms in total. The molecule has 0 unspecified atom stereocenters. The third kappa shape index (κ3) is 3.39. The lowest BCUT2D eigenvalue weighted by atomic mass is 9.99. The molecule has 3 aromatic rings. The molecule has 138 valence electrons. The highest BCUT2D eigenvalue weighted by molar-refractivity contribution is 5.60. The molecular formula is C23H26N4. The number of nitrogens with zero attached hydrogens (tertiary/aromatic N) is 4. The summed E-state index contributed by atoms with van der Waals surface area (Å²) in [5, 5.41) is 0. The Morgan fingerprint density at radius 2 is 1.67 bits per heavy atom. The van der Waals surface area contributed by atoms with Gasteiger partial charge in [-0.25, -0.2) is 4.98 Å². The number of hydrogen-bond acceptors (Lipinski definition) is 4. The molecule has 0 radical (unpaired) electrons. The van der Waals surface area contributed by atoms with Gasteiger partial charge in [-0.2, -0.15) is 4.98 Å². The molecule has 0 N–H and O–H groups in total. The first-order chi connectivity index (χ1) is 13.2. The second-order valence-corrected chi connectivity index (χ2v) is 7.11. The fourth-order valence-corrected chi connectivity index (χ4v) is 3.78. The van der Waals surface area contributed by atoms with E-state index in [9.17, 15) is 0 Å². The summed E-state index contributed by atoms with van der Waals surface area (Å²) in [6.07, 6.45) is 1.96. The zero-order valence-electron chi connectivity index (χ0n) is 16.3. The second-order valence-electron chi connectivity index (χ2n) is 7.11. The molecule has 0 atom stereocenters. The average Bonchev–Trinajstić information content (AvgIpc) is 2.73. The van der Waals surface area contributed by atoms with Crippen LogP contribution in [0.15, 0.2) is 54.6 Å². The van der Waals surface area contributed by atoms with Crippen molar-refractivity contribution in [1.29, 1.82) is 0 Å². The monoisotopic (exact) mass is 358 g/mol. The SMILES string of the molecule is CCc1nc(N(C)c2ccccc2)nc(N2CCc3ccccc3C2)c1C. The predicted octanol–water partition coefficient (Wildman–Crippen LogP) is 4.68. The van der Waals surface area contributed by atoms with Crippen molar-refractivity contribution in [3.05, 3.63) is 77.0 Å². The van der Waals surface area contributed by atoms with Crippen LogP contribution >= 0.6 is 0 Å². The molecule has 1 aliphatic heterocycles. The Labute approximate surface area is 161 Å². The predicted molar refractivity (Wildman–Crippen MR) is 112 cm³/mol. The molecule has 27 heavy (non-hydrogen) atoms. The van der Waals surface area contributed by atoms with E-state index in [4.69, 9.17) is 9.97 Å². The van der Waals surface area contributed by atoms with Gasteiger partial charge in [0.25, 0.3) is 0 Å². The van der Waals surface area contributed by atoms with Gasteiger partial charge in [-0.05, 0) is 43.0 Å². The van der Waals surface area contributed by atoms with E-state index in [0.29, 0.717) is 0 Å². The number of para-hydroxylation sites is 1. The summed E-state index contributed by atoms with van der Waals surface area (Å²) < 4.78 is 0. The number of fused-ring (bicyclic) bond motifs is 1. The van der Waals surface area contributed by atoms with Gasteiger partial charge >= 0.3 is 0 Å². The molecule has 0 amide bonds. The van der Waals surface area contributed by atoms with Gasteiger partial charge < -0.3 is 9.80 Å². The molecule has 2 heterocycles. The Kier molecular flexibility index (Phi) is 4.80. The molecule has 4 heteroatoms. The molecule has 0 saturated heterocycles. The third-order valence-electron chi connectivity index (χ3n) is 5.42. The molecule has 1 aliphatic rings. The lowest BCUT2D eigenvalue weighted by molar-refractivity contribution is 0.713. The van der Waals surface area contributed by atoms with Crippen molar-refractivity contribution >= 4 is 17.5 Å². The normalized spacial score (nSPS) is 13.4. The molecule has 0 bridgehead atoms. The van der Waals surface area contributed by atoms with Crippen molar-refractivity contribution in [1.82, 2.24) is 9.97 Å². The third-order valence-corrected chi connectivity index (χ3v) is 5.42. The van der Waals surface area contributed by atoms with Crippen LogP contribution in [0.1, 0.15) is 29.3 Å². The minimum absolute atomic E-state index is 0.762. The maximum atomic E-state index is 4.99. The minimum Gasteiger partial charge on any atom is -0.352 e. The Hall–Kier alpha value is -2.88. The van der Waals surface area contributed by atoms with E-state index in [1.807, 2.05) is 25.2 Å². The van der Waals surface area contributed by atoms with Crippen LogP contribution in [0.3, 0.4) is 0 Å². The van der Waals surface area contributed by atoms with Crippen molar-refractivity contribution < 1.29 is 0 Å². The van der Waals surface area contributed by atoms with Crippen LogP contribution in [0.4, 0.5) is 17.5 Å². The number of hydrogen-bond donors (Lipinski definition) is 0. The fourth-order valence-electron chi connectivity index (χ4n) is 3.78. The van der Waals surface area contributed by atoms with Crippen LogP contribution in [0.25, 0.3) is 0 Å². The van der Waals surface area contributed by atoms with Gasteiger partial charge in [-0.1, -0.05) is 49.4 Å². The van der Waals surface area contributed by atoms with Gasteiger partial charge in [-0.3, -0.25) is 0 Å². The summed E-state index contributed by atoms with van der Waals surface area (Å²) in [7, 11) is 2.04. The molecule has 4 rings (SSSR count). The van der Waals surface area contributed by atoms with Gasteiger partial charge in [0.05, 0.1) is 5.69 Å². The minimum atomic E-state index is 0.762. The highest BCUT2D eigenvalue weighted by Gasteiger charge is 2.22. The van der Waals surface area contributed by atoms with Crippen molar-refractivity contribution in [3.8, 4) is 0 Å². The first-order valence-electron chi connectivity index (χ1n) is 9.65. The van der Waals surface area contributed by atoms with E-state index in [-0.39, 0.29) is 0 Å². The maximum absolute atomic E-state index is 4.99. The standard InChI is InChI=1S/C23H26N4/c1-4-21-17(2)22(27-15-14-18-10-8-9-11-19(18)16-27)25-23(24-21)26(3)20-12-6-5-7-13-20/h5-13H,4,14-16H2,1-3H3. The largest absolute Gasteiger partial charge is 0.352 e. The summed E-state index contributed by atoms with van der Waals surface area (Å²) in [6.45, 7) is 6.22. The van der Waals surface area contributed by atoms with E-state index in [2.05, 4.69) is 60.0 Å². The van der Waals surface area contributed by atoms with Gasteiger partial charge in [0.2, 0.25) is 5.95 Å². The summed E-state index contributed by atoms with van der Waals surface area (Å²) in [4.78, 5) is 14.3. The zero-order chi connectivity index (χ0) is 18.8. The molecular weight excluding hydrogens is 332 g/mol. The molecule has 0 spiro atoms. The Morgan fingerprint density at radius 3 is 2.41 bits per heavy atom. The number of anilines is 3. The second kappa shape index (κ2) is 7.39. The molecule has 0 aliphatic carbocycles. The fraction of sp³-hybridized carbons (Fsp3) is 0.304. The molecule has 2 aromatic carbocycles. The lowest BCUT2D eigenvalue weighted by Crippen LogP contribution is -2.32. The number of aromatic nitrogens is 2. The van der Waals surface area contributed by atoms with Crippen molar-refractivity contribution in [2.75, 3.05) is 23.4 Å². The lowest BCUT2D eigenvalue weighted by Gasteiger charge is -2.32. The summed E-state index contributed by atoms with van der Waals surface area (Å²) >= 11 is 0. The first-order valence-corrected chi connectivity index (χ1v) is 9.65. The van der Waals surface area contributed by atoms with Crippen LogP contribution in [0, 0.1) is 6.92 Å². The van der Waals surface area contributed by atoms with Crippen LogP contribution < -0.4 is 9.80 Å². The Balaban J connectivity index is 1.73. The van der Waals surface area contributed by atoms with E-state index < -0.39 is 0 Å². The Morgan fingerprint density at radius 1 is 0.963 bits per heavy atom. The summed E-state index contributed by atoms with van der Waals surface area (Å²) in [5.41, 5.74) is 6.27. The van der Waals surface area contributed by atoms with Crippen molar-refractivity contribution in [3.63, 3.8) is 0 Å².